The van der Waals surface area contributed by atoms with E-state index in [0.29, 0.717) is 6.04 Å². The van der Waals surface area contributed by atoms with E-state index in [2.05, 4.69) is 60.2 Å². The first kappa shape index (κ1) is 14.1. The first-order chi connectivity index (χ1) is 8.86. The Morgan fingerprint density at radius 1 is 0.947 bits per heavy atom. The van der Waals surface area contributed by atoms with E-state index >= 15 is 0 Å². The lowest BCUT2D eigenvalue weighted by Crippen LogP contribution is -3.00. The molecule has 0 fully saturated rings. The summed E-state index contributed by atoms with van der Waals surface area (Å²) in [6.45, 7) is 2.30. The van der Waals surface area contributed by atoms with E-state index < -0.39 is 0 Å². The highest BCUT2D eigenvalue weighted by molar-refractivity contribution is 5.20. The highest BCUT2D eigenvalue weighted by Gasteiger charge is 2.24. The molecule has 2 heteroatoms. The molecular weight excluding hydrogens is 254 g/mol. The molecule has 1 aliphatic rings. The molecule has 0 N–H and O–H groups in total. The van der Waals surface area contributed by atoms with Gasteiger partial charge in [-0.15, -0.1) is 0 Å². The fourth-order valence-electron chi connectivity index (χ4n) is 2.98. The third kappa shape index (κ3) is 2.82. The highest BCUT2D eigenvalue weighted by atomic mass is 35.5. The van der Waals surface area contributed by atoms with Crippen molar-refractivity contribution in [3.05, 3.63) is 65.5 Å². The Hall–Kier alpha value is -1.34. The minimum absolute atomic E-state index is 0. The van der Waals surface area contributed by atoms with E-state index in [1.807, 2.05) is 0 Å². The lowest BCUT2D eigenvalue weighted by molar-refractivity contribution is -0.718. The lowest BCUT2D eigenvalue weighted by atomic mass is 9.94. The van der Waals surface area contributed by atoms with E-state index in [1.54, 1.807) is 11.3 Å². The SMILES string of the molecule is CC(c1ccccc1)[n+]1cccc2c1CCCC2.[Cl-]. The van der Waals surface area contributed by atoms with E-state index in [0.717, 1.165) is 0 Å². The Balaban J connectivity index is 0.00000133. The standard InChI is InChI=1S/C17H20N.ClH/c1-14(15-8-3-2-4-9-15)18-13-7-11-16-10-5-6-12-17(16)18;/h2-4,7-9,11,13-14H,5-6,10,12H2,1H3;1H/q+1;/p-1. The van der Waals surface area contributed by atoms with Crippen molar-refractivity contribution in [1.29, 1.82) is 0 Å². The van der Waals surface area contributed by atoms with Gasteiger partial charge in [0.15, 0.2) is 17.9 Å². The van der Waals surface area contributed by atoms with Crippen LogP contribution in [-0.4, -0.2) is 0 Å². The Morgan fingerprint density at radius 2 is 1.68 bits per heavy atom. The molecule has 0 saturated heterocycles. The predicted molar refractivity (Wildman–Crippen MR) is 73.5 cm³/mol. The van der Waals surface area contributed by atoms with E-state index in [1.165, 1.54) is 31.2 Å². The van der Waals surface area contributed by atoms with Gasteiger partial charge in [0.05, 0.1) is 0 Å². The molecule has 0 bridgehead atoms. The zero-order chi connectivity index (χ0) is 12.4. The Morgan fingerprint density at radius 3 is 2.47 bits per heavy atom. The number of benzene rings is 1. The fraction of sp³-hybridized carbons (Fsp3) is 0.353. The number of halogens is 1. The molecule has 0 spiro atoms. The maximum atomic E-state index is 2.46. The van der Waals surface area contributed by atoms with Crippen LogP contribution in [0.15, 0.2) is 48.7 Å². The summed E-state index contributed by atoms with van der Waals surface area (Å²) < 4.78 is 2.46. The molecule has 0 radical (unpaired) electrons. The van der Waals surface area contributed by atoms with E-state index in [9.17, 15) is 0 Å². The van der Waals surface area contributed by atoms with Gasteiger partial charge >= 0.3 is 0 Å². The van der Waals surface area contributed by atoms with Gasteiger partial charge in [0.2, 0.25) is 0 Å². The average Bonchev–Trinajstić information content (AvgIpc) is 2.47. The van der Waals surface area contributed by atoms with E-state index in [4.69, 9.17) is 0 Å². The third-order valence-corrected chi connectivity index (χ3v) is 4.04. The van der Waals surface area contributed by atoms with Crippen LogP contribution in [0.2, 0.25) is 0 Å². The van der Waals surface area contributed by atoms with Crippen molar-refractivity contribution in [3.8, 4) is 0 Å². The van der Waals surface area contributed by atoms with Crippen LogP contribution in [0.1, 0.15) is 42.6 Å². The molecule has 1 atom stereocenters. The van der Waals surface area contributed by atoms with Crippen molar-refractivity contribution >= 4 is 0 Å². The number of hydrogen-bond donors (Lipinski definition) is 0. The second kappa shape index (κ2) is 6.21. The van der Waals surface area contributed by atoms with Gasteiger partial charge in [-0.3, -0.25) is 0 Å². The molecular formula is C17H20ClN. The lowest BCUT2D eigenvalue weighted by Gasteiger charge is -2.17. The molecule has 19 heavy (non-hydrogen) atoms. The van der Waals surface area contributed by atoms with Gasteiger partial charge in [-0.2, -0.15) is 4.57 Å². The largest absolute Gasteiger partial charge is 1.00 e. The van der Waals surface area contributed by atoms with Crippen LogP contribution in [-0.2, 0) is 12.8 Å². The van der Waals surface area contributed by atoms with E-state index in [-0.39, 0.29) is 12.4 Å². The maximum absolute atomic E-state index is 2.46. The molecule has 1 nitrogen and oxygen atoms in total. The maximum Gasteiger partial charge on any atom is 0.185 e. The van der Waals surface area contributed by atoms with Crippen molar-refractivity contribution in [2.24, 2.45) is 0 Å². The van der Waals surface area contributed by atoms with Crippen LogP contribution >= 0.6 is 0 Å². The number of aryl methyl sites for hydroxylation is 1. The van der Waals surface area contributed by atoms with Crippen molar-refractivity contribution in [2.45, 2.75) is 38.6 Å². The van der Waals surface area contributed by atoms with Crippen LogP contribution < -0.4 is 17.0 Å². The van der Waals surface area contributed by atoms with Gasteiger partial charge in [0.25, 0.3) is 0 Å². The summed E-state index contributed by atoms with van der Waals surface area (Å²) in [5.74, 6) is 0. The highest BCUT2D eigenvalue weighted by Crippen LogP contribution is 2.20. The minimum atomic E-state index is 0. The van der Waals surface area contributed by atoms with Crippen LogP contribution in [0.25, 0.3) is 0 Å². The summed E-state index contributed by atoms with van der Waals surface area (Å²) in [6.07, 6.45) is 7.39. The van der Waals surface area contributed by atoms with Gasteiger partial charge in [-0.05, 0) is 25.3 Å². The first-order valence-corrected chi connectivity index (χ1v) is 6.93. The second-order valence-electron chi connectivity index (χ2n) is 5.18. The molecule has 3 rings (SSSR count). The van der Waals surface area contributed by atoms with Crippen molar-refractivity contribution in [1.82, 2.24) is 0 Å². The van der Waals surface area contributed by atoms with Crippen molar-refractivity contribution in [3.63, 3.8) is 0 Å². The summed E-state index contributed by atoms with van der Waals surface area (Å²) in [5, 5.41) is 0. The Kier molecular flexibility index (Phi) is 4.60. The zero-order valence-electron chi connectivity index (χ0n) is 11.3. The summed E-state index contributed by atoms with van der Waals surface area (Å²) in [5.41, 5.74) is 4.48. The quantitative estimate of drug-likeness (QED) is 0.701. The molecule has 1 heterocycles. The minimum Gasteiger partial charge on any atom is -1.00 e. The predicted octanol–water partition coefficient (Wildman–Crippen LogP) is 0.466. The number of hydrogen-bond acceptors (Lipinski definition) is 0. The van der Waals surface area contributed by atoms with Gasteiger partial charge in [0.1, 0.15) is 0 Å². The Bertz CT molecular complexity index is 536. The molecule has 0 saturated carbocycles. The monoisotopic (exact) mass is 273 g/mol. The number of rotatable bonds is 2. The van der Waals surface area contributed by atoms with Crippen LogP contribution in [0, 0.1) is 0 Å². The number of aromatic nitrogens is 1. The average molecular weight is 274 g/mol. The van der Waals surface area contributed by atoms with Crippen LogP contribution in [0.4, 0.5) is 0 Å². The summed E-state index contributed by atoms with van der Waals surface area (Å²) in [6, 6.07) is 15.7. The fourth-order valence-corrected chi connectivity index (χ4v) is 2.98. The Labute approximate surface area is 121 Å². The number of pyridine rings is 1. The van der Waals surface area contributed by atoms with Gasteiger partial charge in [-0.25, -0.2) is 0 Å². The molecule has 0 aliphatic heterocycles. The molecule has 1 aromatic carbocycles. The molecule has 2 aromatic rings. The molecule has 1 unspecified atom stereocenters. The number of nitrogens with zero attached hydrogens (tertiary/aromatic N) is 1. The van der Waals surface area contributed by atoms with Crippen LogP contribution in [0.5, 0.6) is 0 Å². The van der Waals surface area contributed by atoms with Crippen molar-refractivity contribution in [2.75, 3.05) is 0 Å². The number of fused-ring (bicyclic) bond motifs is 1. The van der Waals surface area contributed by atoms with Crippen LogP contribution in [0.3, 0.4) is 0 Å². The molecule has 0 amide bonds. The summed E-state index contributed by atoms with van der Waals surface area (Å²) in [7, 11) is 0. The molecule has 100 valence electrons. The topological polar surface area (TPSA) is 3.88 Å². The second-order valence-corrected chi connectivity index (χ2v) is 5.18. The van der Waals surface area contributed by atoms with Crippen molar-refractivity contribution < 1.29 is 17.0 Å². The molecule has 1 aliphatic carbocycles. The zero-order valence-corrected chi connectivity index (χ0v) is 12.1. The molecule has 1 aromatic heterocycles. The smallest absolute Gasteiger partial charge is 0.185 e. The van der Waals surface area contributed by atoms with Gasteiger partial charge < -0.3 is 12.4 Å². The normalized spacial score (nSPS) is 15.2. The summed E-state index contributed by atoms with van der Waals surface area (Å²) in [4.78, 5) is 0. The van der Waals surface area contributed by atoms with Gasteiger partial charge in [-0.1, -0.05) is 30.3 Å². The first-order valence-electron chi connectivity index (χ1n) is 6.93. The van der Waals surface area contributed by atoms with Gasteiger partial charge in [0, 0.05) is 30.5 Å². The summed E-state index contributed by atoms with van der Waals surface area (Å²) >= 11 is 0. The third-order valence-electron chi connectivity index (χ3n) is 4.04.